The summed E-state index contributed by atoms with van der Waals surface area (Å²) in [7, 11) is 0. The van der Waals surface area contributed by atoms with Crippen molar-refractivity contribution < 1.29 is 15.0 Å². The van der Waals surface area contributed by atoms with Crippen molar-refractivity contribution in [3.8, 4) is 11.5 Å². The van der Waals surface area contributed by atoms with Crippen LogP contribution in [-0.2, 0) is 11.2 Å². The fourth-order valence-electron chi connectivity index (χ4n) is 2.51. The van der Waals surface area contributed by atoms with Crippen molar-refractivity contribution in [1.29, 1.82) is 0 Å². The van der Waals surface area contributed by atoms with Crippen molar-refractivity contribution >= 4 is 5.91 Å². The van der Waals surface area contributed by atoms with E-state index in [0.29, 0.717) is 6.42 Å². The van der Waals surface area contributed by atoms with E-state index in [-0.39, 0.29) is 23.4 Å². The zero-order valence-corrected chi connectivity index (χ0v) is 11.0. The van der Waals surface area contributed by atoms with E-state index in [2.05, 4.69) is 0 Å². The molecule has 0 saturated carbocycles. The number of likely N-dealkylation sites (tertiary alicyclic amines) is 1. The van der Waals surface area contributed by atoms with Gasteiger partial charge in [-0.05, 0) is 43.9 Å². The Morgan fingerprint density at radius 3 is 2.79 bits per heavy atom. The van der Waals surface area contributed by atoms with E-state index >= 15 is 0 Å². The molecule has 1 aromatic carbocycles. The molecule has 2 atom stereocenters. The van der Waals surface area contributed by atoms with Crippen molar-refractivity contribution in [2.45, 2.75) is 38.3 Å². The molecule has 1 aromatic rings. The van der Waals surface area contributed by atoms with Crippen molar-refractivity contribution in [3.05, 3.63) is 23.8 Å². The third-order valence-corrected chi connectivity index (χ3v) is 3.65. The van der Waals surface area contributed by atoms with Crippen LogP contribution in [-0.4, -0.2) is 39.6 Å². The second-order valence-electron chi connectivity index (χ2n) is 5.16. The Kier molecular flexibility index (Phi) is 3.95. The lowest BCUT2D eigenvalue weighted by molar-refractivity contribution is -0.133. The molecule has 104 valence electrons. The lowest BCUT2D eigenvalue weighted by atomic mass is 10.0. The predicted molar refractivity (Wildman–Crippen MR) is 71.9 cm³/mol. The second kappa shape index (κ2) is 5.48. The van der Waals surface area contributed by atoms with Crippen LogP contribution in [0.15, 0.2) is 18.2 Å². The Labute approximate surface area is 112 Å². The highest BCUT2D eigenvalue weighted by atomic mass is 16.3. The highest BCUT2D eigenvalue weighted by Crippen LogP contribution is 2.25. The van der Waals surface area contributed by atoms with Crippen LogP contribution >= 0.6 is 0 Å². The van der Waals surface area contributed by atoms with Crippen LogP contribution in [0, 0.1) is 0 Å². The maximum Gasteiger partial charge on any atom is 0.240 e. The SMILES string of the molecule is CC1CCCN1C(=O)[C@@H](N)Cc1ccc(O)c(O)c1. The maximum atomic E-state index is 12.2. The van der Waals surface area contributed by atoms with Crippen molar-refractivity contribution in [2.75, 3.05) is 6.54 Å². The number of carbonyl (C=O) groups excluding carboxylic acids is 1. The summed E-state index contributed by atoms with van der Waals surface area (Å²) >= 11 is 0. The number of aromatic hydroxyl groups is 2. The molecule has 0 radical (unpaired) electrons. The maximum absolute atomic E-state index is 12.2. The number of nitrogens with two attached hydrogens (primary N) is 1. The zero-order valence-electron chi connectivity index (χ0n) is 11.0. The number of nitrogens with zero attached hydrogens (tertiary/aromatic N) is 1. The van der Waals surface area contributed by atoms with Gasteiger partial charge in [-0.1, -0.05) is 6.07 Å². The summed E-state index contributed by atoms with van der Waals surface area (Å²) in [6, 6.07) is 4.16. The van der Waals surface area contributed by atoms with E-state index < -0.39 is 6.04 Å². The molecular formula is C14H20N2O3. The molecule has 1 unspecified atom stereocenters. The van der Waals surface area contributed by atoms with E-state index in [9.17, 15) is 15.0 Å². The van der Waals surface area contributed by atoms with Crippen LogP contribution in [0.3, 0.4) is 0 Å². The Hall–Kier alpha value is -1.75. The van der Waals surface area contributed by atoms with Crippen LogP contribution < -0.4 is 5.73 Å². The molecule has 1 heterocycles. The van der Waals surface area contributed by atoms with Gasteiger partial charge >= 0.3 is 0 Å². The van der Waals surface area contributed by atoms with Gasteiger partial charge in [0.2, 0.25) is 5.91 Å². The summed E-state index contributed by atoms with van der Waals surface area (Å²) in [4.78, 5) is 14.0. The first-order chi connectivity index (χ1) is 8.99. The van der Waals surface area contributed by atoms with E-state index in [1.54, 1.807) is 6.07 Å². The molecule has 1 aliphatic rings. The Balaban J connectivity index is 2.01. The van der Waals surface area contributed by atoms with Crippen molar-refractivity contribution in [3.63, 3.8) is 0 Å². The first-order valence-corrected chi connectivity index (χ1v) is 6.56. The zero-order chi connectivity index (χ0) is 14.0. The fourth-order valence-corrected chi connectivity index (χ4v) is 2.51. The molecule has 0 aromatic heterocycles. The van der Waals surface area contributed by atoms with Crippen LogP contribution in [0.1, 0.15) is 25.3 Å². The van der Waals surface area contributed by atoms with Gasteiger partial charge in [0.25, 0.3) is 0 Å². The Bertz CT molecular complexity index is 476. The molecular weight excluding hydrogens is 244 g/mol. The van der Waals surface area contributed by atoms with Gasteiger partial charge in [0.05, 0.1) is 6.04 Å². The normalized spacial score (nSPS) is 20.5. The minimum atomic E-state index is -0.607. The van der Waals surface area contributed by atoms with E-state index in [0.717, 1.165) is 24.9 Å². The highest BCUT2D eigenvalue weighted by Gasteiger charge is 2.28. The molecule has 1 saturated heterocycles. The van der Waals surface area contributed by atoms with Crippen LogP contribution in [0.5, 0.6) is 11.5 Å². The molecule has 2 rings (SSSR count). The number of carbonyl (C=O) groups is 1. The van der Waals surface area contributed by atoms with E-state index in [1.165, 1.54) is 12.1 Å². The first kappa shape index (κ1) is 13.7. The van der Waals surface area contributed by atoms with Crippen LogP contribution in [0.4, 0.5) is 0 Å². The molecule has 1 amide bonds. The van der Waals surface area contributed by atoms with Gasteiger partial charge in [-0.2, -0.15) is 0 Å². The molecule has 0 aliphatic carbocycles. The lowest BCUT2D eigenvalue weighted by Crippen LogP contribution is -2.46. The number of phenols is 2. The van der Waals surface area contributed by atoms with Crippen LogP contribution in [0.2, 0.25) is 0 Å². The third-order valence-electron chi connectivity index (χ3n) is 3.65. The monoisotopic (exact) mass is 264 g/mol. The fraction of sp³-hybridized carbons (Fsp3) is 0.500. The quantitative estimate of drug-likeness (QED) is 0.710. The van der Waals surface area contributed by atoms with Gasteiger partial charge in [0, 0.05) is 12.6 Å². The number of benzene rings is 1. The summed E-state index contributed by atoms with van der Waals surface area (Å²) < 4.78 is 0. The Morgan fingerprint density at radius 2 is 2.21 bits per heavy atom. The number of amides is 1. The van der Waals surface area contributed by atoms with Gasteiger partial charge in [-0.15, -0.1) is 0 Å². The molecule has 0 spiro atoms. The van der Waals surface area contributed by atoms with E-state index in [1.807, 2.05) is 11.8 Å². The molecule has 19 heavy (non-hydrogen) atoms. The van der Waals surface area contributed by atoms with E-state index in [4.69, 9.17) is 5.73 Å². The summed E-state index contributed by atoms with van der Waals surface area (Å²) in [5.74, 6) is -0.402. The average Bonchev–Trinajstić information content (AvgIpc) is 2.79. The van der Waals surface area contributed by atoms with Gasteiger partial charge in [0.15, 0.2) is 11.5 Å². The predicted octanol–water partition coefficient (Wildman–Crippen LogP) is 0.978. The second-order valence-corrected chi connectivity index (χ2v) is 5.16. The largest absolute Gasteiger partial charge is 0.504 e. The average molecular weight is 264 g/mol. The summed E-state index contributed by atoms with van der Waals surface area (Å²) in [5.41, 5.74) is 6.68. The summed E-state index contributed by atoms with van der Waals surface area (Å²) in [5, 5.41) is 18.7. The molecule has 1 aliphatic heterocycles. The first-order valence-electron chi connectivity index (χ1n) is 6.56. The van der Waals surface area contributed by atoms with Crippen molar-refractivity contribution in [1.82, 2.24) is 4.90 Å². The van der Waals surface area contributed by atoms with Gasteiger partial charge in [-0.3, -0.25) is 4.79 Å². The lowest BCUT2D eigenvalue weighted by Gasteiger charge is -2.25. The molecule has 4 N–H and O–H groups in total. The molecule has 5 heteroatoms. The highest BCUT2D eigenvalue weighted by molar-refractivity contribution is 5.82. The topological polar surface area (TPSA) is 86.8 Å². The Morgan fingerprint density at radius 1 is 1.47 bits per heavy atom. The smallest absolute Gasteiger partial charge is 0.240 e. The minimum Gasteiger partial charge on any atom is -0.504 e. The van der Waals surface area contributed by atoms with Crippen molar-refractivity contribution in [2.24, 2.45) is 5.73 Å². The molecule has 5 nitrogen and oxygen atoms in total. The number of rotatable bonds is 3. The third kappa shape index (κ3) is 2.98. The number of phenolic OH excluding ortho intramolecular Hbond substituents is 2. The van der Waals surface area contributed by atoms with Crippen LogP contribution in [0.25, 0.3) is 0 Å². The van der Waals surface area contributed by atoms with Gasteiger partial charge in [-0.25, -0.2) is 0 Å². The van der Waals surface area contributed by atoms with Gasteiger partial charge < -0.3 is 20.8 Å². The summed E-state index contributed by atoms with van der Waals surface area (Å²) in [6.45, 7) is 2.80. The minimum absolute atomic E-state index is 0.0439. The number of hydrogen-bond acceptors (Lipinski definition) is 4. The number of hydrogen-bond donors (Lipinski definition) is 3. The summed E-state index contributed by atoms with van der Waals surface area (Å²) in [6.07, 6.45) is 2.41. The van der Waals surface area contributed by atoms with Gasteiger partial charge in [0.1, 0.15) is 0 Å². The standard InChI is InChI=1S/C14H20N2O3/c1-9-3-2-6-16(9)14(19)11(15)7-10-4-5-12(17)13(18)8-10/h4-5,8-9,11,17-18H,2-3,6-7,15H2,1H3/t9?,11-/m0/s1. The molecule has 1 fully saturated rings. The molecule has 0 bridgehead atoms.